The Morgan fingerprint density at radius 2 is 1.94 bits per heavy atom. The largest absolute Gasteiger partial charge is 0.370 e. The van der Waals surface area contributed by atoms with Gasteiger partial charge in [0.15, 0.2) is 5.16 Å². The van der Waals surface area contributed by atoms with Gasteiger partial charge in [-0.25, -0.2) is 9.37 Å². The molecular weight excluding hydrogens is 487 g/mol. The fourth-order valence-electron chi connectivity index (χ4n) is 4.22. The molecule has 182 valence electrons. The number of rotatable bonds is 8. The number of thiophene rings is 1. The number of halogens is 1. The molecule has 0 saturated carbocycles. The maximum absolute atomic E-state index is 13.5. The van der Waals surface area contributed by atoms with Crippen LogP contribution in [0.3, 0.4) is 0 Å². The smallest absolute Gasteiger partial charge is 0.272 e. The van der Waals surface area contributed by atoms with Gasteiger partial charge in [0.05, 0.1) is 31.0 Å². The zero-order chi connectivity index (χ0) is 24.2. The van der Waals surface area contributed by atoms with Crippen molar-refractivity contribution >= 4 is 55.0 Å². The minimum Gasteiger partial charge on any atom is -0.370 e. The summed E-state index contributed by atoms with van der Waals surface area (Å²) >= 11 is 2.71. The van der Waals surface area contributed by atoms with E-state index < -0.39 is 0 Å². The molecule has 2 N–H and O–H groups in total. The van der Waals surface area contributed by atoms with Crippen LogP contribution in [0.5, 0.6) is 0 Å². The fourth-order valence-corrected chi connectivity index (χ4v) is 6.13. The van der Waals surface area contributed by atoms with Crippen LogP contribution in [-0.4, -0.2) is 54.1 Å². The lowest BCUT2D eigenvalue weighted by atomic mass is 10.2. The van der Waals surface area contributed by atoms with E-state index in [1.54, 1.807) is 4.57 Å². The highest BCUT2D eigenvalue weighted by Crippen LogP contribution is 2.31. The Kier molecular flexibility index (Phi) is 7.43. The molecule has 7 nitrogen and oxygen atoms in total. The quantitative estimate of drug-likeness (QED) is 0.280. The van der Waals surface area contributed by atoms with Crippen LogP contribution < -0.4 is 15.8 Å². The number of quaternary nitrogens is 1. The molecular formula is C25H26FN4O3S2+. The van der Waals surface area contributed by atoms with Gasteiger partial charge in [-0.3, -0.25) is 14.2 Å². The van der Waals surface area contributed by atoms with Gasteiger partial charge in [0, 0.05) is 28.7 Å². The Bertz CT molecular complexity index is 1400. The van der Waals surface area contributed by atoms with Crippen molar-refractivity contribution in [1.82, 2.24) is 9.55 Å². The van der Waals surface area contributed by atoms with Gasteiger partial charge < -0.3 is 15.0 Å². The van der Waals surface area contributed by atoms with E-state index in [4.69, 9.17) is 9.72 Å². The molecule has 1 fully saturated rings. The fraction of sp³-hybridized carbons (Fsp3) is 0.320. The Labute approximate surface area is 209 Å². The molecule has 2 aromatic carbocycles. The van der Waals surface area contributed by atoms with Crippen molar-refractivity contribution in [3.63, 3.8) is 0 Å². The molecule has 1 saturated heterocycles. The van der Waals surface area contributed by atoms with Crippen LogP contribution in [-0.2, 0) is 16.1 Å². The first-order chi connectivity index (χ1) is 17.1. The first-order valence-corrected chi connectivity index (χ1v) is 13.4. The molecule has 0 radical (unpaired) electrons. The van der Waals surface area contributed by atoms with Crippen molar-refractivity contribution in [1.29, 1.82) is 0 Å². The Hall–Kier alpha value is -2.79. The van der Waals surface area contributed by atoms with Gasteiger partial charge in [-0.05, 0) is 30.3 Å². The number of ether oxygens (including phenoxy) is 1. The summed E-state index contributed by atoms with van der Waals surface area (Å²) in [7, 11) is 0. The van der Waals surface area contributed by atoms with E-state index in [1.807, 2.05) is 24.3 Å². The molecule has 0 atom stereocenters. The highest BCUT2D eigenvalue weighted by Gasteiger charge is 2.19. The molecule has 10 heteroatoms. The van der Waals surface area contributed by atoms with Crippen LogP contribution in [0, 0.1) is 5.82 Å². The van der Waals surface area contributed by atoms with Crippen molar-refractivity contribution < 1.29 is 18.8 Å². The van der Waals surface area contributed by atoms with E-state index in [1.165, 1.54) is 52.3 Å². The zero-order valence-electron chi connectivity index (χ0n) is 19.1. The van der Waals surface area contributed by atoms with Gasteiger partial charge in [0.25, 0.3) is 5.56 Å². The van der Waals surface area contributed by atoms with Crippen molar-refractivity contribution in [2.24, 2.45) is 0 Å². The van der Waals surface area contributed by atoms with Crippen LogP contribution in [0.1, 0.15) is 6.42 Å². The van der Waals surface area contributed by atoms with Crippen molar-refractivity contribution in [3.05, 3.63) is 64.7 Å². The average molecular weight is 514 g/mol. The molecule has 0 bridgehead atoms. The number of nitrogens with zero attached hydrogens (tertiary/aromatic N) is 2. The topological polar surface area (TPSA) is 77.7 Å². The van der Waals surface area contributed by atoms with Crippen LogP contribution >= 0.6 is 23.1 Å². The van der Waals surface area contributed by atoms with E-state index >= 15 is 0 Å². The van der Waals surface area contributed by atoms with Crippen LogP contribution in [0.2, 0.25) is 0 Å². The number of fused-ring (bicyclic) bond motifs is 3. The molecule has 2 aromatic heterocycles. The van der Waals surface area contributed by atoms with Gasteiger partial charge in [0.1, 0.15) is 23.6 Å². The maximum Gasteiger partial charge on any atom is 0.272 e. The number of anilines is 1. The number of carbonyl (C=O) groups is 1. The number of carbonyl (C=O) groups excluding carboxylic acids is 1. The van der Waals surface area contributed by atoms with Gasteiger partial charge >= 0.3 is 0 Å². The first-order valence-electron chi connectivity index (χ1n) is 11.6. The summed E-state index contributed by atoms with van der Waals surface area (Å²) in [5.74, 6) is -0.511. The zero-order valence-corrected chi connectivity index (χ0v) is 20.7. The number of hydrogen-bond donors (Lipinski definition) is 2. The number of thioether (sulfide) groups is 1. The third-order valence-electron chi connectivity index (χ3n) is 6.02. The minimum absolute atomic E-state index is 0.0605. The maximum atomic E-state index is 13.5. The lowest BCUT2D eigenvalue weighted by Gasteiger charge is -2.23. The van der Waals surface area contributed by atoms with E-state index in [0.29, 0.717) is 27.6 Å². The number of aromatic nitrogens is 2. The summed E-state index contributed by atoms with van der Waals surface area (Å²) in [6, 6.07) is 13.5. The Morgan fingerprint density at radius 3 is 2.74 bits per heavy atom. The van der Waals surface area contributed by atoms with Gasteiger partial charge in [0.2, 0.25) is 5.91 Å². The van der Waals surface area contributed by atoms with Gasteiger partial charge in [-0.2, -0.15) is 0 Å². The van der Waals surface area contributed by atoms with E-state index in [-0.39, 0.29) is 23.0 Å². The predicted octanol–water partition coefficient (Wildman–Crippen LogP) is 2.79. The molecule has 0 unspecified atom stereocenters. The van der Waals surface area contributed by atoms with E-state index in [9.17, 15) is 14.0 Å². The lowest BCUT2D eigenvalue weighted by molar-refractivity contribution is -0.908. The molecule has 0 aliphatic carbocycles. The van der Waals surface area contributed by atoms with E-state index in [0.717, 1.165) is 49.4 Å². The third kappa shape index (κ3) is 5.56. The third-order valence-corrected chi connectivity index (χ3v) is 8.14. The average Bonchev–Trinajstić information content (AvgIpc) is 3.25. The van der Waals surface area contributed by atoms with Crippen LogP contribution in [0.25, 0.3) is 20.3 Å². The summed E-state index contributed by atoms with van der Waals surface area (Å²) in [5.41, 5.74) is 1.15. The molecule has 1 aliphatic rings. The van der Waals surface area contributed by atoms with E-state index in [2.05, 4.69) is 5.32 Å². The Balaban J connectivity index is 1.38. The summed E-state index contributed by atoms with van der Waals surface area (Å²) in [4.78, 5) is 32.4. The lowest BCUT2D eigenvalue weighted by Crippen LogP contribution is -3.14. The van der Waals surface area contributed by atoms with Crippen LogP contribution in [0.15, 0.2) is 58.5 Å². The monoisotopic (exact) mass is 513 g/mol. The molecule has 5 rings (SSSR count). The molecule has 3 heterocycles. The highest BCUT2D eigenvalue weighted by molar-refractivity contribution is 7.99. The first kappa shape index (κ1) is 23.9. The SMILES string of the molecule is O=C(CSc1nc2c(sc3ccccc32)c(=O)n1CCC[NH+]1CCOCC1)Nc1ccc(F)cc1. The molecule has 4 aromatic rings. The number of hydrogen-bond acceptors (Lipinski definition) is 6. The normalized spacial score (nSPS) is 14.5. The van der Waals surface area contributed by atoms with Crippen molar-refractivity contribution in [2.45, 2.75) is 18.1 Å². The summed E-state index contributed by atoms with van der Waals surface area (Å²) in [5, 5.41) is 4.26. The summed E-state index contributed by atoms with van der Waals surface area (Å²) < 4.78 is 22.0. The Morgan fingerprint density at radius 1 is 1.17 bits per heavy atom. The number of morpholine rings is 1. The summed E-state index contributed by atoms with van der Waals surface area (Å²) in [6.07, 6.45) is 0.836. The molecule has 1 aliphatic heterocycles. The second-order valence-electron chi connectivity index (χ2n) is 8.44. The second kappa shape index (κ2) is 10.9. The molecule has 35 heavy (non-hydrogen) atoms. The summed E-state index contributed by atoms with van der Waals surface area (Å²) in [6.45, 7) is 5.00. The molecule has 1 amide bonds. The molecule has 0 spiro atoms. The number of benzene rings is 2. The highest BCUT2D eigenvalue weighted by atomic mass is 32.2. The van der Waals surface area contributed by atoms with Gasteiger partial charge in [-0.15, -0.1) is 11.3 Å². The second-order valence-corrected chi connectivity index (χ2v) is 10.4. The number of amides is 1. The minimum atomic E-state index is -0.360. The van der Waals surface area contributed by atoms with Crippen LogP contribution in [0.4, 0.5) is 10.1 Å². The number of nitrogens with one attached hydrogen (secondary N) is 2. The predicted molar refractivity (Wildman–Crippen MR) is 138 cm³/mol. The van der Waals surface area contributed by atoms with Gasteiger partial charge in [-0.1, -0.05) is 30.0 Å². The van der Waals surface area contributed by atoms with Crippen molar-refractivity contribution in [3.8, 4) is 0 Å². The van der Waals surface area contributed by atoms with Crippen molar-refractivity contribution in [2.75, 3.05) is 43.9 Å². The standard InChI is InChI=1S/C25H25FN4O3S2/c26-17-6-8-18(9-7-17)27-21(31)16-34-25-28-22-19-4-1-2-5-20(19)35-23(22)24(32)30(25)11-3-10-29-12-14-33-15-13-29/h1-2,4-9H,3,10-16H2,(H,27,31)/p+1.